The standard InChI is InChI=1S/C49H88O6/c1-4-7-10-13-16-19-20-21-22-23-24-25-26-27-28-31-33-36-39-42-48(51)54-45-46(55-49(52)43-40-37-34-30-18-15-12-9-6-3)44-53-47(50)41-38-35-32-29-17-14-11-8-5-2/h16,19-21,30,34,46H,4-15,17-18,22-29,31-33,35-45H2,1-3H3/b19-16-,21-20-,34-30-. The molecular formula is C49H88O6. The number of esters is 3. The Morgan fingerprint density at radius 2 is 0.673 bits per heavy atom. The van der Waals surface area contributed by atoms with Gasteiger partial charge in [0.05, 0.1) is 0 Å². The van der Waals surface area contributed by atoms with E-state index < -0.39 is 6.10 Å². The highest BCUT2D eigenvalue weighted by atomic mass is 16.6. The molecule has 6 heteroatoms. The number of hydrogen-bond donors (Lipinski definition) is 0. The first-order valence-corrected chi connectivity index (χ1v) is 23.5. The Balaban J connectivity index is 4.25. The molecule has 0 bridgehead atoms. The molecule has 0 aliphatic carbocycles. The van der Waals surface area contributed by atoms with Crippen LogP contribution in [-0.4, -0.2) is 37.2 Å². The number of allylic oxidation sites excluding steroid dienone is 6. The van der Waals surface area contributed by atoms with Crippen LogP contribution in [0.2, 0.25) is 0 Å². The third-order valence-electron chi connectivity index (χ3n) is 10.1. The number of ether oxygens (including phenoxy) is 3. The molecule has 0 saturated heterocycles. The zero-order valence-electron chi connectivity index (χ0n) is 36.4. The van der Waals surface area contributed by atoms with Crippen molar-refractivity contribution in [2.75, 3.05) is 13.2 Å². The van der Waals surface area contributed by atoms with Gasteiger partial charge in [-0.2, -0.15) is 0 Å². The second kappa shape index (κ2) is 44.3. The van der Waals surface area contributed by atoms with E-state index in [9.17, 15) is 14.4 Å². The molecule has 0 aliphatic rings. The van der Waals surface area contributed by atoms with Crippen LogP contribution >= 0.6 is 0 Å². The van der Waals surface area contributed by atoms with Crippen LogP contribution in [0.1, 0.15) is 239 Å². The molecule has 0 fully saturated rings. The molecule has 0 radical (unpaired) electrons. The van der Waals surface area contributed by atoms with Gasteiger partial charge in [0, 0.05) is 19.3 Å². The van der Waals surface area contributed by atoms with Gasteiger partial charge in [-0.1, -0.05) is 192 Å². The Morgan fingerprint density at radius 3 is 1.13 bits per heavy atom. The number of unbranched alkanes of at least 4 members (excludes halogenated alkanes) is 26. The lowest BCUT2D eigenvalue weighted by Crippen LogP contribution is -2.30. The minimum atomic E-state index is -0.781. The molecule has 1 atom stereocenters. The van der Waals surface area contributed by atoms with E-state index in [-0.39, 0.29) is 37.5 Å². The minimum absolute atomic E-state index is 0.0825. The number of rotatable bonds is 42. The number of carbonyl (C=O) groups is 3. The van der Waals surface area contributed by atoms with Crippen LogP contribution in [0.5, 0.6) is 0 Å². The highest BCUT2D eigenvalue weighted by Gasteiger charge is 2.19. The number of hydrogen-bond acceptors (Lipinski definition) is 6. The van der Waals surface area contributed by atoms with Crippen molar-refractivity contribution in [1.82, 2.24) is 0 Å². The van der Waals surface area contributed by atoms with Crippen molar-refractivity contribution in [2.45, 2.75) is 245 Å². The lowest BCUT2D eigenvalue weighted by Gasteiger charge is -2.18. The van der Waals surface area contributed by atoms with Crippen molar-refractivity contribution in [3.63, 3.8) is 0 Å². The van der Waals surface area contributed by atoms with E-state index in [1.165, 1.54) is 141 Å². The summed E-state index contributed by atoms with van der Waals surface area (Å²) in [4.78, 5) is 37.6. The first-order valence-electron chi connectivity index (χ1n) is 23.5. The zero-order valence-corrected chi connectivity index (χ0v) is 36.4. The van der Waals surface area contributed by atoms with E-state index in [0.29, 0.717) is 19.3 Å². The summed E-state index contributed by atoms with van der Waals surface area (Å²) in [5, 5.41) is 0. The average Bonchev–Trinajstić information content (AvgIpc) is 3.18. The van der Waals surface area contributed by atoms with Gasteiger partial charge in [-0.05, 0) is 64.2 Å². The summed E-state index contributed by atoms with van der Waals surface area (Å²) in [6, 6.07) is 0. The molecule has 0 aliphatic heterocycles. The van der Waals surface area contributed by atoms with Gasteiger partial charge in [0.15, 0.2) is 6.10 Å². The lowest BCUT2D eigenvalue weighted by molar-refractivity contribution is -0.167. The fraction of sp³-hybridized carbons (Fsp3) is 0.816. The van der Waals surface area contributed by atoms with Crippen molar-refractivity contribution in [3.8, 4) is 0 Å². The first kappa shape index (κ1) is 52.6. The topological polar surface area (TPSA) is 78.9 Å². The summed E-state index contributed by atoms with van der Waals surface area (Å²) >= 11 is 0. The molecule has 0 spiro atoms. The molecule has 0 aromatic rings. The molecule has 0 rings (SSSR count). The largest absolute Gasteiger partial charge is 0.462 e. The Bertz CT molecular complexity index is 938. The van der Waals surface area contributed by atoms with Crippen LogP contribution in [0.25, 0.3) is 0 Å². The Kier molecular flexibility index (Phi) is 42.4. The molecule has 6 nitrogen and oxygen atoms in total. The molecule has 0 aromatic carbocycles. The second-order valence-corrected chi connectivity index (χ2v) is 15.7. The maximum atomic E-state index is 12.6. The first-order chi connectivity index (χ1) is 27.0. The van der Waals surface area contributed by atoms with Crippen LogP contribution in [-0.2, 0) is 28.6 Å². The summed E-state index contributed by atoms with van der Waals surface area (Å²) < 4.78 is 16.6. The third kappa shape index (κ3) is 42.6. The molecule has 0 aromatic heterocycles. The molecule has 0 N–H and O–H groups in total. The van der Waals surface area contributed by atoms with E-state index in [0.717, 1.165) is 51.4 Å². The maximum absolute atomic E-state index is 12.6. The van der Waals surface area contributed by atoms with Crippen molar-refractivity contribution in [2.24, 2.45) is 0 Å². The molecule has 55 heavy (non-hydrogen) atoms. The lowest BCUT2D eigenvalue weighted by atomic mass is 10.1. The maximum Gasteiger partial charge on any atom is 0.306 e. The minimum Gasteiger partial charge on any atom is -0.462 e. The predicted octanol–water partition coefficient (Wildman–Crippen LogP) is 15.0. The smallest absolute Gasteiger partial charge is 0.306 e. The SMILES string of the molecule is CCCCC/C=C\C=C/CCCCCCCCCCCCC(=O)OCC(COC(=O)CCCCCCCCCCC)OC(=O)CCC/C=C\CCCCCC. The fourth-order valence-electron chi connectivity index (χ4n) is 6.55. The van der Waals surface area contributed by atoms with E-state index in [2.05, 4.69) is 57.2 Å². The van der Waals surface area contributed by atoms with Crippen LogP contribution in [0, 0.1) is 0 Å². The Labute approximate surface area is 340 Å². The normalized spacial score (nSPS) is 12.3. The van der Waals surface area contributed by atoms with E-state index in [1.54, 1.807) is 0 Å². The van der Waals surface area contributed by atoms with Gasteiger partial charge in [-0.3, -0.25) is 14.4 Å². The van der Waals surface area contributed by atoms with Crippen molar-refractivity contribution >= 4 is 17.9 Å². The quantitative estimate of drug-likeness (QED) is 0.0202. The van der Waals surface area contributed by atoms with Gasteiger partial charge >= 0.3 is 17.9 Å². The van der Waals surface area contributed by atoms with Crippen LogP contribution in [0.15, 0.2) is 36.5 Å². The van der Waals surface area contributed by atoms with Gasteiger partial charge in [0.2, 0.25) is 0 Å². The van der Waals surface area contributed by atoms with Gasteiger partial charge in [0.25, 0.3) is 0 Å². The number of carbonyl (C=O) groups excluding carboxylic acids is 3. The van der Waals surface area contributed by atoms with Crippen molar-refractivity contribution in [3.05, 3.63) is 36.5 Å². The predicted molar refractivity (Wildman–Crippen MR) is 233 cm³/mol. The van der Waals surface area contributed by atoms with Crippen LogP contribution in [0.4, 0.5) is 0 Å². The summed E-state index contributed by atoms with van der Waals surface area (Å²) in [7, 11) is 0. The average molecular weight is 773 g/mol. The van der Waals surface area contributed by atoms with E-state index in [1.807, 2.05) is 0 Å². The van der Waals surface area contributed by atoms with E-state index >= 15 is 0 Å². The van der Waals surface area contributed by atoms with Gasteiger partial charge in [0.1, 0.15) is 13.2 Å². The third-order valence-corrected chi connectivity index (χ3v) is 10.1. The van der Waals surface area contributed by atoms with Crippen LogP contribution in [0.3, 0.4) is 0 Å². The molecule has 320 valence electrons. The summed E-state index contributed by atoms with van der Waals surface area (Å²) in [6.07, 6.45) is 50.0. The molecule has 0 saturated carbocycles. The zero-order chi connectivity index (χ0) is 40.1. The summed E-state index contributed by atoms with van der Waals surface area (Å²) in [5.41, 5.74) is 0. The molecule has 0 heterocycles. The van der Waals surface area contributed by atoms with Crippen LogP contribution < -0.4 is 0 Å². The molecule has 1 unspecified atom stereocenters. The Morgan fingerprint density at radius 1 is 0.364 bits per heavy atom. The van der Waals surface area contributed by atoms with Gasteiger partial charge in [-0.15, -0.1) is 0 Å². The molecule has 0 amide bonds. The molecular weight excluding hydrogens is 685 g/mol. The monoisotopic (exact) mass is 773 g/mol. The Hall–Kier alpha value is -2.37. The highest BCUT2D eigenvalue weighted by molar-refractivity contribution is 5.71. The summed E-state index contributed by atoms with van der Waals surface area (Å²) in [5.74, 6) is -0.922. The van der Waals surface area contributed by atoms with Crippen molar-refractivity contribution < 1.29 is 28.6 Å². The van der Waals surface area contributed by atoms with Gasteiger partial charge < -0.3 is 14.2 Å². The van der Waals surface area contributed by atoms with Crippen molar-refractivity contribution in [1.29, 1.82) is 0 Å². The van der Waals surface area contributed by atoms with E-state index in [4.69, 9.17) is 14.2 Å². The highest BCUT2D eigenvalue weighted by Crippen LogP contribution is 2.14. The fourth-order valence-corrected chi connectivity index (χ4v) is 6.55. The summed E-state index contributed by atoms with van der Waals surface area (Å²) in [6.45, 7) is 6.53. The van der Waals surface area contributed by atoms with Gasteiger partial charge in [-0.25, -0.2) is 0 Å². The second-order valence-electron chi connectivity index (χ2n) is 15.7.